The number of carbonyl (C=O) groups is 2. The van der Waals surface area contributed by atoms with Gasteiger partial charge in [-0.1, -0.05) is 6.07 Å². The number of hydrogen-bond donors (Lipinski definition) is 2. The zero-order valence-corrected chi connectivity index (χ0v) is 12.9. The second-order valence-corrected chi connectivity index (χ2v) is 7.14. The lowest BCUT2D eigenvalue weighted by molar-refractivity contribution is -0.126. The van der Waals surface area contributed by atoms with Gasteiger partial charge in [-0.15, -0.1) is 11.3 Å². The zero-order chi connectivity index (χ0) is 15.2. The van der Waals surface area contributed by atoms with Crippen LogP contribution in [0.15, 0.2) is 21.7 Å². The molecule has 0 bridgehead atoms. The van der Waals surface area contributed by atoms with Crippen molar-refractivity contribution in [3.63, 3.8) is 0 Å². The Labute approximate surface area is 122 Å². The Hall–Kier alpha value is -1.45. The highest BCUT2D eigenvalue weighted by Gasteiger charge is 2.23. The maximum Gasteiger partial charge on any atom is 0.252 e. The van der Waals surface area contributed by atoms with Crippen LogP contribution in [0.5, 0.6) is 0 Å². The number of nitrogens with one attached hydrogen (secondary N) is 2. The van der Waals surface area contributed by atoms with E-state index < -0.39 is 15.9 Å². The smallest absolute Gasteiger partial charge is 0.252 e. The van der Waals surface area contributed by atoms with E-state index in [1.165, 1.54) is 13.1 Å². The molecule has 0 unspecified atom stereocenters. The maximum atomic E-state index is 12.0. The number of nitrogens with zero attached hydrogens (tertiary/aromatic N) is 1. The van der Waals surface area contributed by atoms with Crippen LogP contribution in [0.3, 0.4) is 0 Å². The van der Waals surface area contributed by atoms with Crippen LogP contribution in [0, 0.1) is 0 Å². The molecule has 0 fully saturated rings. The molecule has 0 aliphatic carbocycles. The minimum Gasteiger partial charge on any atom is -0.355 e. The molecule has 0 saturated carbocycles. The van der Waals surface area contributed by atoms with Gasteiger partial charge in [0, 0.05) is 13.6 Å². The molecule has 0 aromatic carbocycles. The van der Waals surface area contributed by atoms with Crippen molar-refractivity contribution in [1.82, 2.24) is 14.9 Å². The highest BCUT2D eigenvalue weighted by atomic mass is 32.2. The standard InChI is InChI=1S/C11H17N3O4S2/c1-3-12-9(15)7-13-10(16)8-14(2)20(17,18)11-5-4-6-19-11/h4-6H,3,7-8H2,1-2H3,(H,12,15)(H,13,16). The monoisotopic (exact) mass is 319 g/mol. The Morgan fingerprint density at radius 2 is 2.00 bits per heavy atom. The van der Waals surface area contributed by atoms with Gasteiger partial charge in [-0.05, 0) is 18.4 Å². The van der Waals surface area contributed by atoms with Crippen LogP contribution in [-0.2, 0) is 19.6 Å². The molecular weight excluding hydrogens is 302 g/mol. The first-order chi connectivity index (χ1) is 9.37. The third-order valence-corrected chi connectivity index (χ3v) is 5.52. The summed E-state index contributed by atoms with van der Waals surface area (Å²) in [5, 5.41) is 6.53. The van der Waals surface area contributed by atoms with E-state index in [-0.39, 0.29) is 23.2 Å². The Kier molecular flexibility index (Phi) is 6.11. The third kappa shape index (κ3) is 4.58. The molecule has 0 radical (unpaired) electrons. The summed E-state index contributed by atoms with van der Waals surface area (Å²) in [4.78, 5) is 22.7. The fraction of sp³-hybridized carbons (Fsp3) is 0.455. The van der Waals surface area contributed by atoms with E-state index in [1.54, 1.807) is 18.4 Å². The summed E-state index contributed by atoms with van der Waals surface area (Å²) < 4.78 is 25.2. The predicted molar refractivity (Wildman–Crippen MR) is 75.8 cm³/mol. The number of sulfonamides is 1. The molecule has 0 atom stereocenters. The molecule has 2 N–H and O–H groups in total. The number of rotatable bonds is 7. The van der Waals surface area contributed by atoms with Crippen LogP contribution in [-0.4, -0.2) is 51.2 Å². The molecular formula is C11H17N3O4S2. The third-order valence-electron chi connectivity index (χ3n) is 2.35. The first kappa shape index (κ1) is 16.6. The van der Waals surface area contributed by atoms with Gasteiger partial charge in [0.25, 0.3) is 10.0 Å². The highest BCUT2D eigenvalue weighted by molar-refractivity contribution is 7.91. The molecule has 0 spiro atoms. The van der Waals surface area contributed by atoms with Crippen molar-refractivity contribution in [3.05, 3.63) is 17.5 Å². The normalized spacial score (nSPS) is 11.3. The summed E-state index contributed by atoms with van der Waals surface area (Å²) in [5.41, 5.74) is 0. The van der Waals surface area contributed by atoms with Gasteiger partial charge in [-0.3, -0.25) is 9.59 Å². The van der Waals surface area contributed by atoms with Crippen molar-refractivity contribution >= 4 is 33.2 Å². The molecule has 1 heterocycles. The largest absolute Gasteiger partial charge is 0.355 e. The van der Waals surface area contributed by atoms with E-state index in [4.69, 9.17) is 0 Å². The summed E-state index contributed by atoms with van der Waals surface area (Å²) in [5.74, 6) is -0.844. The summed E-state index contributed by atoms with van der Waals surface area (Å²) in [6.45, 7) is 1.74. The fourth-order valence-corrected chi connectivity index (χ4v) is 3.67. The molecule has 1 aromatic heterocycles. The van der Waals surface area contributed by atoms with Crippen LogP contribution < -0.4 is 10.6 Å². The van der Waals surface area contributed by atoms with Crippen molar-refractivity contribution in [1.29, 1.82) is 0 Å². The number of amides is 2. The van der Waals surface area contributed by atoms with Crippen LogP contribution >= 0.6 is 11.3 Å². The summed E-state index contributed by atoms with van der Waals surface area (Å²) >= 11 is 1.08. The molecule has 0 aliphatic heterocycles. The fourth-order valence-electron chi connectivity index (χ4n) is 1.35. The van der Waals surface area contributed by atoms with Crippen molar-refractivity contribution in [2.45, 2.75) is 11.1 Å². The van der Waals surface area contributed by atoms with Crippen molar-refractivity contribution in [2.24, 2.45) is 0 Å². The lowest BCUT2D eigenvalue weighted by atomic mass is 10.5. The average molecular weight is 319 g/mol. The topological polar surface area (TPSA) is 95.6 Å². The Morgan fingerprint density at radius 1 is 1.30 bits per heavy atom. The van der Waals surface area contributed by atoms with Crippen LogP contribution in [0.25, 0.3) is 0 Å². The number of thiophene rings is 1. The molecule has 0 saturated heterocycles. The average Bonchev–Trinajstić information content (AvgIpc) is 2.91. The molecule has 1 aromatic rings. The van der Waals surface area contributed by atoms with E-state index in [9.17, 15) is 18.0 Å². The van der Waals surface area contributed by atoms with E-state index >= 15 is 0 Å². The zero-order valence-electron chi connectivity index (χ0n) is 11.3. The Morgan fingerprint density at radius 3 is 2.55 bits per heavy atom. The van der Waals surface area contributed by atoms with Gasteiger partial charge in [0.15, 0.2) is 0 Å². The summed E-state index contributed by atoms with van der Waals surface area (Å²) in [6.07, 6.45) is 0. The van der Waals surface area contributed by atoms with E-state index in [1.807, 2.05) is 0 Å². The van der Waals surface area contributed by atoms with Gasteiger partial charge in [0.1, 0.15) is 4.21 Å². The SMILES string of the molecule is CCNC(=O)CNC(=O)CN(C)S(=O)(=O)c1cccs1. The van der Waals surface area contributed by atoms with Crippen molar-refractivity contribution in [3.8, 4) is 0 Å². The summed E-state index contributed by atoms with van der Waals surface area (Å²) in [7, 11) is -2.33. The molecule has 112 valence electrons. The minimum absolute atomic E-state index is 0.167. The van der Waals surface area contributed by atoms with Crippen LogP contribution in [0.4, 0.5) is 0 Å². The molecule has 2 amide bonds. The predicted octanol–water partition coefficient (Wildman–Crippen LogP) is -0.379. The Balaban J connectivity index is 2.52. The van der Waals surface area contributed by atoms with Crippen molar-refractivity contribution in [2.75, 3.05) is 26.7 Å². The van der Waals surface area contributed by atoms with Gasteiger partial charge < -0.3 is 10.6 Å². The van der Waals surface area contributed by atoms with E-state index in [2.05, 4.69) is 10.6 Å². The van der Waals surface area contributed by atoms with Gasteiger partial charge in [-0.2, -0.15) is 4.31 Å². The first-order valence-electron chi connectivity index (χ1n) is 5.91. The number of likely N-dealkylation sites (N-methyl/N-ethyl adjacent to an activating group) is 2. The second-order valence-electron chi connectivity index (χ2n) is 3.92. The molecule has 1 rings (SSSR count). The molecule has 0 aliphatic rings. The molecule has 9 heteroatoms. The summed E-state index contributed by atoms with van der Waals surface area (Å²) in [6, 6.07) is 3.10. The quantitative estimate of drug-likeness (QED) is 0.716. The molecule has 20 heavy (non-hydrogen) atoms. The van der Waals surface area contributed by atoms with Gasteiger partial charge in [0.2, 0.25) is 11.8 Å². The van der Waals surface area contributed by atoms with Gasteiger partial charge in [-0.25, -0.2) is 8.42 Å². The number of carbonyl (C=O) groups excluding carboxylic acids is 2. The van der Waals surface area contributed by atoms with E-state index in [0.29, 0.717) is 6.54 Å². The van der Waals surface area contributed by atoms with Crippen LogP contribution in [0.2, 0.25) is 0 Å². The number of hydrogen-bond acceptors (Lipinski definition) is 5. The Bertz CT molecular complexity index is 554. The van der Waals surface area contributed by atoms with E-state index in [0.717, 1.165) is 15.6 Å². The highest BCUT2D eigenvalue weighted by Crippen LogP contribution is 2.19. The lowest BCUT2D eigenvalue weighted by Crippen LogP contribution is -2.42. The lowest BCUT2D eigenvalue weighted by Gasteiger charge is -2.15. The van der Waals surface area contributed by atoms with Crippen molar-refractivity contribution < 1.29 is 18.0 Å². The second kappa shape index (κ2) is 7.36. The van der Waals surface area contributed by atoms with Crippen LogP contribution in [0.1, 0.15) is 6.92 Å². The maximum absolute atomic E-state index is 12.0. The first-order valence-corrected chi connectivity index (χ1v) is 8.23. The minimum atomic E-state index is -3.65. The molecule has 7 nitrogen and oxygen atoms in total. The van der Waals surface area contributed by atoms with Gasteiger partial charge >= 0.3 is 0 Å². The van der Waals surface area contributed by atoms with Gasteiger partial charge in [0.05, 0.1) is 13.1 Å².